The molecule has 2 aliphatic carbocycles. The second-order valence-electron chi connectivity index (χ2n) is 5.78. The van der Waals surface area contributed by atoms with Crippen LogP contribution >= 0.6 is 0 Å². The summed E-state index contributed by atoms with van der Waals surface area (Å²) in [5, 5.41) is 12.6. The molecule has 3 heteroatoms. The van der Waals surface area contributed by atoms with Gasteiger partial charge in [0.25, 0.3) is 0 Å². The van der Waals surface area contributed by atoms with Gasteiger partial charge in [-0.2, -0.15) is 0 Å². The van der Waals surface area contributed by atoms with Crippen LogP contribution in [0.2, 0.25) is 0 Å². The zero-order valence-corrected chi connectivity index (χ0v) is 10.7. The van der Waals surface area contributed by atoms with Gasteiger partial charge in [-0.15, -0.1) is 0 Å². The highest BCUT2D eigenvalue weighted by molar-refractivity contribution is 5.76. The van der Waals surface area contributed by atoms with E-state index in [0.717, 1.165) is 38.5 Å². The third kappa shape index (κ3) is 4.30. The van der Waals surface area contributed by atoms with E-state index in [1.807, 2.05) is 0 Å². The zero-order valence-electron chi connectivity index (χ0n) is 10.7. The van der Waals surface area contributed by atoms with Crippen LogP contribution in [-0.4, -0.2) is 23.2 Å². The lowest BCUT2D eigenvalue weighted by atomic mass is 9.85. The lowest BCUT2D eigenvalue weighted by Crippen LogP contribution is -2.37. The molecule has 2 saturated carbocycles. The molecule has 2 N–H and O–H groups in total. The maximum Gasteiger partial charge on any atom is 0.220 e. The number of hydrogen-bond acceptors (Lipinski definition) is 2. The van der Waals surface area contributed by atoms with E-state index >= 15 is 0 Å². The fourth-order valence-corrected chi connectivity index (χ4v) is 3.14. The lowest BCUT2D eigenvalue weighted by molar-refractivity contribution is -0.123. The number of rotatable bonds is 3. The highest BCUT2D eigenvalue weighted by Gasteiger charge is 2.23. The van der Waals surface area contributed by atoms with Crippen LogP contribution in [0, 0.1) is 5.92 Å². The quantitative estimate of drug-likeness (QED) is 0.794. The Hall–Kier alpha value is -0.570. The van der Waals surface area contributed by atoms with Crippen LogP contribution in [0.1, 0.15) is 64.2 Å². The average molecular weight is 239 g/mol. The van der Waals surface area contributed by atoms with E-state index in [1.54, 1.807) is 0 Å². The molecule has 3 nitrogen and oxygen atoms in total. The van der Waals surface area contributed by atoms with E-state index in [-0.39, 0.29) is 12.0 Å². The highest BCUT2D eigenvalue weighted by Crippen LogP contribution is 2.27. The fraction of sp³-hybridized carbons (Fsp3) is 0.929. The lowest BCUT2D eigenvalue weighted by Gasteiger charge is -2.27. The number of carbonyl (C=O) groups is 1. The number of nitrogens with one attached hydrogen (secondary N) is 1. The Bertz CT molecular complexity index is 241. The molecule has 2 aliphatic rings. The van der Waals surface area contributed by atoms with Crippen LogP contribution in [0.3, 0.4) is 0 Å². The van der Waals surface area contributed by atoms with Crippen molar-refractivity contribution in [3.63, 3.8) is 0 Å². The number of carbonyl (C=O) groups excluding carboxylic acids is 1. The third-order valence-electron chi connectivity index (χ3n) is 4.26. The second kappa shape index (κ2) is 6.39. The van der Waals surface area contributed by atoms with Gasteiger partial charge in [0.15, 0.2) is 0 Å². The fourth-order valence-electron chi connectivity index (χ4n) is 3.14. The minimum Gasteiger partial charge on any atom is -0.393 e. The van der Waals surface area contributed by atoms with Gasteiger partial charge in [-0.05, 0) is 44.4 Å². The van der Waals surface area contributed by atoms with Gasteiger partial charge in [0.05, 0.1) is 6.10 Å². The van der Waals surface area contributed by atoms with Crippen LogP contribution in [0.4, 0.5) is 0 Å². The molecule has 0 spiro atoms. The maximum absolute atomic E-state index is 11.9. The predicted molar refractivity (Wildman–Crippen MR) is 67.6 cm³/mol. The van der Waals surface area contributed by atoms with E-state index in [1.165, 1.54) is 19.3 Å². The Morgan fingerprint density at radius 1 is 1.00 bits per heavy atom. The number of amides is 1. The van der Waals surface area contributed by atoms with Gasteiger partial charge in [-0.1, -0.05) is 19.3 Å². The molecule has 0 radical (unpaired) electrons. The Morgan fingerprint density at radius 2 is 1.65 bits per heavy atom. The van der Waals surface area contributed by atoms with Gasteiger partial charge in [-0.25, -0.2) is 0 Å². The van der Waals surface area contributed by atoms with E-state index < -0.39 is 0 Å². The van der Waals surface area contributed by atoms with E-state index in [0.29, 0.717) is 18.4 Å². The average Bonchev–Trinajstić information content (AvgIpc) is 2.33. The first-order valence-electron chi connectivity index (χ1n) is 7.21. The smallest absolute Gasteiger partial charge is 0.220 e. The van der Waals surface area contributed by atoms with Crippen molar-refractivity contribution in [2.45, 2.75) is 76.4 Å². The predicted octanol–water partition coefficient (Wildman–Crippen LogP) is 2.38. The van der Waals surface area contributed by atoms with Gasteiger partial charge in [0, 0.05) is 12.5 Å². The summed E-state index contributed by atoms with van der Waals surface area (Å²) in [5.74, 6) is 0.736. The standard InChI is InChI=1S/C14H25NO2/c16-13-8-6-11(7-9-13)10-14(17)15-12-4-2-1-3-5-12/h11-13,16H,1-10H2,(H,15,17)/t11-,13-. The summed E-state index contributed by atoms with van der Waals surface area (Å²) in [6, 6.07) is 0.436. The van der Waals surface area contributed by atoms with Crippen molar-refractivity contribution in [2.75, 3.05) is 0 Å². The normalized spacial score (nSPS) is 31.1. The zero-order chi connectivity index (χ0) is 12.1. The molecule has 0 aromatic heterocycles. The van der Waals surface area contributed by atoms with Crippen molar-refractivity contribution in [1.82, 2.24) is 5.32 Å². The van der Waals surface area contributed by atoms with Crippen LogP contribution in [0.5, 0.6) is 0 Å². The molecular weight excluding hydrogens is 214 g/mol. The van der Waals surface area contributed by atoms with Crippen LogP contribution in [-0.2, 0) is 4.79 Å². The Labute approximate surface area is 104 Å². The monoisotopic (exact) mass is 239 g/mol. The van der Waals surface area contributed by atoms with Crippen molar-refractivity contribution < 1.29 is 9.90 Å². The third-order valence-corrected chi connectivity index (χ3v) is 4.26. The molecule has 0 aromatic rings. The molecule has 0 aliphatic heterocycles. The van der Waals surface area contributed by atoms with Gasteiger partial charge >= 0.3 is 0 Å². The second-order valence-corrected chi connectivity index (χ2v) is 5.78. The molecule has 0 unspecified atom stereocenters. The summed E-state index contributed by atoms with van der Waals surface area (Å²) in [5.41, 5.74) is 0. The van der Waals surface area contributed by atoms with Crippen molar-refractivity contribution in [3.8, 4) is 0 Å². The van der Waals surface area contributed by atoms with Crippen LogP contribution < -0.4 is 5.32 Å². The Balaban J connectivity index is 1.66. The number of aliphatic hydroxyl groups excluding tert-OH is 1. The first-order chi connectivity index (χ1) is 8.24. The summed E-state index contributed by atoms with van der Waals surface area (Å²) < 4.78 is 0. The SMILES string of the molecule is O=C(C[C@H]1CC[C@H](O)CC1)NC1CCCCC1. The highest BCUT2D eigenvalue weighted by atomic mass is 16.3. The molecule has 0 atom stereocenters. The van der Waals surface area contributed by atoms with Gasteiger partial charge in [-0.3, -0.25) is 4.79 Å². The van der Waals surface area contributed by atoms with Crippen molar-refractivity contribution >= 4 is 5.91 Å². The minimum atomic E-state index is -0.118. The molecule has 2 fully saturated rings. The first kappa shape index (κ1) is 12.9. The van der Waals surface area contributed by atoms with Crippen LogP contribution in [0.15, 0.2) is 0 Å². The van der Waals surface area contributed by atoms with Crippen molar-refractivity contribution in [2.24, 2.45) is 5.92 Å². The molecule has 0 heterocycles. The molecule has 0 bridgehead atoms. The Kier molecular flexibility index (Phi) is 4.84. The molecule has 17 heavy (non-hydrogen) atoms. The van der Waals surface area contributed by atoms with E-state index in [2.05, 4.69) is 5.32 Å². The summed E-state index contributed by atoms with van der Waals surface area (Å²) in [6.45, 7) is 0. The van der Waals surface area contributed by atoms with Gasteiger partial charge in [0.1, 0.15) is 0 Å². The van der Waals surface area contributed by atoms with Crippen molar-refractivity contribution in [3.05, 3.63) is 0 Å². The van der Waals surface area contributed by atoms with Crippen molar-refractivity contribution in [1.29, 1.82) is 0 Å². The van der Waals surface area contributed by atoms with E-state index in [9.17, 15) is 9.90 Å². The van der Waals surface area contributed by atoms with Gasteiger partial charge in [0.2, 0.25) is 5.91 Å². The van der Waals surface area contributed by atoms with Crippen LogP contribution in [0.25, 0.3) is 0 Å². The maximum atomic E-state index is 11.9. The topological polar surface area (TPSA) is 49.3 Å². The largest absolute Gasteiger partial charge is 0.393 e. The summed E-state index contributed by atoms with van der Waals surface area (Å²) in [4.78, 5) is 11.9. The molecule has 98 valence electrons. The molecule has 0 saturated heterocycles. The molecule has 2 rings (SSSR count). The molecule has 0 aromatic carbocycles. The first-order valence-corrected chi connectivity index (χ1v) is 7.21. The summed E-state index contributed by atoms with van der Waals surface area (Å²) in [7, 11) is 0. The molecule has 1 amide bonds. The minimum absolute atomic E-state index is 0.118. The summed E-state index contributed by atoms with van der Waals surface area (Å²) >= 11 is 0. The Morgan fingerprint density at radius 3 is 2.29 bits per heavy atom. The number of hydrogen-bond donors (Lipinski definition) is 2. The summed E-state index contributed by atoms with van der Waals surface area (Å²) in [6.07, 6.45) is 10.5. The van der Waals surface area contributed by atoms with Gasteiger partial charge < -0.3 is 10.4 Å². The molecular formula is C14H25NO2. The number of aliphatic hydroxyl groups is 1. The van der Waals surface area contributed by atoms with E-state index in [4.69, 9.17) is 0 Å².